The fourth-order valence-corrected chi connectivity index (χ4v) is 4.93. The molecule has 1 aliphatic carbocycles. The maximum absolute atomic E-state index is 6.00. The highest BCUT2D eigenvalue weighted by Crippen LogP contribution is 2.43. The molecular weight excluding hydrogens is 448 g/mol. The molecule has 1 aliphatic heterocycles. The first kappa shape index (κ1) is 24.3. The van der Waals surface area contributed by atoms with Gasteiger partial charge in [0.05, 0.1) is 12.8 Å². The Balaban J connectivity index is 0.00000274. The molecular formula is C27H33ClN4O2. The van der Waals surface area contributed by atoms with Gasteiger partial charge >= 0.3 is 0 Å². The number of ether oxygens (including phenoxy) is 2. The van der Waals surface area contributed by atoms with Crippen molar-refractivity contribution in [2.45, 2.75) is 38.5 Å². The Bertz CT molecular complexity index is 1150. The SMILES string of the molecule is COc1ccc2c(c1)-c1nc(Nc3cccc(OCCN4CCCC4)c3)ncc1CC2(C)C.Cl. The van der Waals surface area contributed by atoms with Crippen LogP contribution in [-0.2, 0) is 11.8 Å². The lowest BCUT2D eigenvalue weighted by molar-refractivity contribution is 0.238. The quantitative estimate of drug-likeness (QED) is 0.473. The average molecular weight is 481 g/mol. The summed E-state index contributed by atoms with van der Waals surface area (Å²) in [6.45, 7) is 8.59. The first-order chi connectivity index (χ1) is 16.0. The third-order valence-corrected chi connectivity index (χ3v) is 6.67. The number of nitrogens with zero attached hydrogens (tertiary/aromatic N) is 3. The molecule has 180 valence electrons. The Kier molecular flexibility index (Phi) is 7.29. The number of hydrogen-bond donors (Lipinski definition) is 1. The Morgan fingerprint density at radius 1 is 1.06 bits per heavy atom. The summed E-state index contributed by atoms with van der Waals surface area (Å²) >= 11 is 0. The minimum Gasteiger partial charge on any atom is -0.497 e. The van der Waals surface area contributed by atoms with Gasteiger partial charge in [0.1, 0.15) is 18.1 Å². The highest BCUT2D eigenvalue weighted by atomic mass is 35.5. The Morgan fingerprint density at radius 3 is 2.68 bits per heavy atom. The molecule has 2 aliphatic rings. The molecule has 5 rings (SSSR count). The van der Waals surface area contributed by atoms with Gasteiger partial charge in [0, 0.05) is 30.1 Å². The van der Waals surface area contributed by atoms with Crippen molar-refractivity contribution < 1.29 is 9.47 Å². The van der Waals surface area contributed by atoms with Crippen molar-refractivity contribution in [1.29, 1.82) is 0 Å². The summed E-state index contributed by atoms with van der Waals surface area (Å²) in [7, 11) is 1.70. The molecule has 1 fully saturated rings. The van der Waals surface area contributed by atoms with E-state index in [1.165, 1.54) is 31.5 Å². The van der Waals surface area contributed by atoms with Crippen LogP contribution >= 0.6 is 12.4 Å². The zero-order chi connectivity index (χ0) is 22.8. The molecule has 0 saturated carbocycles. The molecule has 3 aromatic rings. The lowest BCUT2D eigenvalue weighted by atomic mass is 9.72. The van der Waals surface area contributed by atoms with Gasteiger partial charge in [0.2, 0.25) is 5.95 Å². The molecule has 0 spiro atoms. The molecule has 2 heterocycles. The fourth-order valence-electron chi connectivity index (χ4n) is 4.93. The monoisotopic (exact) mass is 480 g/mol. The molecule has 0 amide bonds. The van der Waals surface area contributed by atoms with E-state index >= 15 is 0 Å². The molecule has 1 aromatic heterocycles. The lowest BCUT2D eigenvalue weighted by Gasteiger charge is -2.33. The van der Waals surface area contributed by atoms with Gasteiger partial charge in [-0.3, -0.25) is 4.90 Å². The number of nitrogens with one attached hydrogen (secondary N) is 1. The molecule has 7 heteroatoms. The van der Waals surface area contributed by atoms with Crippen molar-refractivity contribution in [3.63, 3.8) is 0 Å². The Hall–Kier alpha value is -2.83. The first-order valence-corrected chi connectivity index (χ1v) is 11.8. The average Bonchev–Trinajstić information content (AvgIpc) is 3.33. The van der Waals surface area contributed by atoms with Gasteiger partial charge in [-0.25, -0.2) is 9.97 Å². The molecule has 6 nitrogen and oxygen atoms in total. The normalized spacial score (nSPS) is 16.2. The topological polar surface area (TPSA) is 59.5 Å². The van der Waals surface area contributed by atoms with E-state index in [0.29, 0.717) is 12.6 Å². The maximum Gasteiger partial charge on any atom is 0.227 e. The standard InChI is InChI=1S/C27H32N4O2.ClH/c1-27(2)17-19-18-28-26(30-25(19)23-16-21(32-3)9-10-24(23)27)29-20-7-6-8-22(15-20)33-14-13-31-11-4-5-12-31;/h6-10,15-16,18H,4-5,11-14,17H2,1-3H3,(H,28,29,30);1H. The highest BCUT2D eigenvalue weighted by Gasteiger charge is 2.32. The van der Waals surface area contributed by atoms with Gasteiger partial charge in [-0.05, 0) is 73.2 Å². The van der Waals surface area contributed by atoms with Crippen molar-refractivity contribution in [2.24, 2.45) is 0 Å². The van der Waals surface area contributed by atoms with Crippen LogP contribution in [0.5, 0.6) is 11.5 Å². The Morgan fingerprint density at radius 2 is 1.88 bits per heavy atom. The number of halogens is 1. The van der Waals surface area contributed by atoms with Crippen LogP contribution in [0.1, 0.15) is 37.8 Å². The van der Waals surface area contributed by atoms with Gasteiger partial charge in [0.25, 0.3) is 0 Å². The van der Waals surface area contributed by atoms with Gasteiger partial charge in [-0.15, -0.1) is 12.4 Å². The second kappa shape index (κ2) is 10.2. The van der Waals surface area contributed by atoms with Crippen molar-refractivity contribution in [2.75, 3.05) is 38.7 Å². The van der Waals surface area contributed by atoms with Crippen LogP contribution < -0.4 is 14.8 Å². The van der Waals surface area contributed by atoms with Gasteiger partial charge in [-0.2, -0.15) is 0 Å². The zero-order valence-electron chi connectivity index (χ0n) is 20.1. The largest absolute Gasteiger partial charge is 0.497 e. The number of hydrogen-bond acceptors (Lipinski definition) is 6. The van der Waals surface area contributed by atoms with E-state index in [2.05, 4.69) is 41.2 Å². The van der Waals surface area contributed by atoms with E-state index in [9.17, 15) is 0 Å². The zero-order valence-corrected chi connectivity index (χ0v) is 21.0. The fraction of sp³-hybridized carbons (Fsp3) is 0.407. The van der Waals surface area contributed by atoms with Crippen molar-refractivity contribution in [1.82, 2.24) is 14.9 Å². The maximum atomic E-state index is 6.00. The number of fused-ring (bicyclic) bond motifs is 3. The second-order valence-corrected chi connectivity index (χ2v) is 9.59. The van der Waals surface area contributed by atoms with E-state index < -0.39 is 0 Å². The van der Waals surface area contributed by atoms with E-state index in [-0.39, 0.29) is 17.8 Å². The number of likely N-dealkylation sites (tertiary alicyclic amines) is 1. The van der Waals surface area contributed by atoms with Gasteiger partial charge in [-0.1, -0.05) is 26.0 Å². The van der Waals surface area contributed by atoms with Crippen LogP contribution in [0.4, 0.5) is 11.6 Å². The Labute approximate surface area is 208 Å². The van der Waals surface area contributed by atoms with Crippen molar-refractivity contribution >= 4 is 24.0 Å². The van der Waals surface area contributed by atoms with Crippen molar-refractivity contribution in [3.05, 3.63) is 59.8 Å². The van der Waals surface area contributed by atoms with Crippen LogP contribution in [-0.4, -0.2) is 48.2 Å². The number of aromatic nitrogens is 2. The number of rotatable bonds is 7. The second-order valence-electron chi connectivity index (χ2n) is 9.59. The molecule has 0 atom stereocenters. The molecule has 1 saturated heterocycles. The molecule has 0 radical (unpaired) electrons. The molecule has 0 bridgehead atoms. The van der Waals surface area contributed by atoms with Crippen LogP contribution in [0.2, 0.25) is 0 Å². The van der Waals surface area contributed by atoms with Crippen LogP contribution in [0.25, 0.3) is 11.3 Å². The van der Waals surface area contributed by atoms with E-state index in [4.69, 9.17) is 14.5 Å². The number of benzene rings is 2. The number of methoxy groups -OCH3 is 1. The minimum atomic E-state index is 0. The summed E-state index contributed by atoms with van der Waals surface area (Å²) in [5.41, 5.74) is 5.46. The predicted molar refractivity (Wildman–Crippen MR) is 139 cm³/mol. The van der Waals surface area contributed by atoms with Crippen LogP contribution in [0, 0.1) is 0 Å². The van der Waals surface area contributed by atoms with Crippen molar-refractivity contribution in [3.8, 4) is 22.8 Å². The third-order valence-electron chi connectivity index (χ3n) is 6.67. The highest BCUT2D eigenvalue weighted by molar-refractivity contribution is 5.85. The van der Waals surface area contributed by atoms with E-state index in [0.717, 1.165) is 47.0 Å². The smallest absolute Gasteiger partial charge is 0.227 e. The summed E-state index contributed by atoms with van der Waals surface area (Å²) in [6.07, 6.45) is 5.46. The number of anilines is 2. The molecule has 34 heavy (non-hydrogen) atoms. The first-order valence-electron chi connectivity index (χ1n) is 11.8. The van der Waals surface area contributed by atoms with Gasteiger partial charge in [0.15, 0.2) is 0 Å². The summed E-state index contributed by atoms with van der Waals surface area (Å²) in [5.74, 6) is 2.27. The lowest BCUT2D eigenvalue weighted by Crippen LogP contribution is -2.26. The summed E-state index contributed by atoms with van der Waals surface area (Å²) in [4.78, 5) is 12.0. The van der Waals surface area contributed by atoms with Crippen LogP contribution in [0.3, 0.4) is 0 Å². The molecule has 1 N–H and O–H groups in total. The third kappa shape index (κ3) is 5.13. The summed E-state index contributed by atoms with van der Waals surface area (Å²) in [5, 5.41) is 3.36. The summed E-state index contributed by atoms with van der Waals surface area (Å²) < 4.78 is 11.5. The summed E-state index contributed by atoms with van der Waals surface area (Å²) in [6, 6.07) is 14.3. The molecule has 2 aromatic carbocycles. The van der Waals surface area contributed by atoms with E-state index in [1.807, 2.05) is 36.5 Å². The van der Waals surface area contributed by atoms with Crippen LogP contribution in [0.15, 0.2) is 48.7 Å². The molecule has 0 unspecified atom stereocenters. The van der Waals surface area contributed by atoms with E-state index in [1.54, 1.807) is 7.11 Å². The predicted octanol–water partition coefficient (Wildman–Crippen LogP) is 5.63. The minimum absolute atomic E-state index is 0. The van der Waals surface area contributed by atoms with Gasteiger partial charge < -0.3 is 14.8 Å².